The number of rotatable bonds is 12. The molecule has 0 fully saturated rings. The van der Waals surface area contributed by atoms with E-state index in [4.69, 9.17) is 19.9 Å². The lowest BCUT2D eigenvalue weighted by atomic mass is 9.93. The van der Waals surface area contributed by atoms with Gasteiger partial charge in [-0.25, -0.2) is 0 Å². The maximum Gasteiger partial charge on any atom is 0.419 e. The van der Waals surface area contributed by atoms with Gasteiger partial charge in [-0.3, -0.25) is 0 Å². The van der Waals surface area contributed by atoms with Gasteiger partial charge in [-0.1, -0.05) is 12.1 Å². The molecule has 0 spiro atoms. The number of ether oxygens (including phenoxy) is 3. The van der Waals surface area contributed by atoms with Gasteiger partial charge in [0.15, 0.2) is 0 Å². The molecule has 4 N–H and O–H groups in total. The van der Waals surface area contributed by atoms with Crippen LogP contribution < -0.4 is 19.9 Å². The van der Waals surface area contributed by atoms with Crippen LogP contribution in [0.2, 0.25) is 0 Å². The SMILES string of the molecule is COc1ccc(CCCOc2ccc(CCC(N)(CO)CO)cc2C(F)(F)F)c(OC)c1.Cl. The number of benzene rings is 2. The van der Waals surface area contributed by atoms with E-state index in [1.165, 1.54) is 12.1 Å². The molecule has 6 nitrogen and oxygen atoms in total. The number of hydrogen-bond acceptors (Lipinski definition) is 6. The minimum absolute atomic E-state index is 0. The van der Waals surface area contributed by atoms with Crippen molar-refractivity contribution in [1.82, 2.24) is 0 Å². The fourth-order valence-corrected chi connectivity index (χ4v) is 3.18. The summed E-state index contributed by atoms with van der Waals surface area (Å²) in [6.07, 6.45) is -3.21. The summed E-state index contributed by atoms with van der Waals surface area (Å²) in [7, 11) is 3.10. The molecule has 0 aromatic heterocycles. The first-order valence-corrected chi connectivity index (χ1v) is 10.2. The first kappa shape index (κ1) is 28.8. The van der Waals surface area contributed by atoms with Crippen LogP contribution in [0.15, 0.2) is 36.4 Å². The normalized spacial score (nSPS) is 11.6. The van der Waals surface area contributed by atoms with Gasteiger partial charge in [0.2, 0.25) is 0 Å². The van der Waals surface area contributed by atoms with E-state index in [0.29, 0.717) is 29.9 Å². The first-order valence-electron chi connectivity index (χ1n) is 10.2. The number of hydrogen-bond donors (Lipinski definition) is 3. The van der Waals surface area contributed by atoms with Gasteiger partial charge in [-0.05, 0) is 55.0 Å². The lowest BCUT2D eigenvalue weighted by molar-refractivity contribution is -0.139. The predicted octanol–water partition coefficient (Wildman–Crippen LogP) is 3.77. The molecule has 0 amide bonds. The van der Waals surface area contributed by atoms with Crippen LogP contribution in [0.3, 0.4) is 0 Å². The summed E-state index contributed by atoms with van der Waals surface area (Å²) in [6, 6.07) is 9.25. The summed E-state index contributed by atoms with van der Waals surface area (Å²) in [5, 5.41) is 18.5. The topological polar surface area (TPSA) is 94.2 Å². The second-order valence-corrected chi connectivity index (χ2v) is 7.64. The molecular formula is C23H31ClF3NO5. The van der Waals surface area contributed by atoms with Crippen LogP contribution in [0.5, 0.6) is 17.2 Å². The second-order valence-electron chi connectivity index (χ2n) is 7.64. The van der Waals surface area contributed by atoms with E-state index in [1.807, 2.05) is 6.07 Å². The highest BCUT2D eigenvalue weighted by Crippen LogP contribution is 2.37. The maximum atomic E-state index is 13.6. The quantitative estimate of drug-likeness (QED) is 0.390. The molecule has 0 heterocycles. The Labute approximate surface area is 197 Å². The summed E-state index contributed by atoms with van der Waals surface area (Å²) >= 11 is 0. The van der Waals surface area contributed by atoms with E-state index in [0.717, 1.165) is 11.6 Å². The van der Waals surface area contributed by atoms with Crippen LogP contribution >= 0.6 is 12.4 Å². The summed E-state index contributed by atoms with van der Waals surface area (Å²) in [5.41, 5.74) is 4.99. The molecule has 0 aliphatic carbocycles. The van der Waals surface area contributed by atoms with Crippen LogP contribution in [0, 0.1) is 0 Å². The summed E-state index contributed by atoms with van der Waals surface area (Å²) in [5.74, 6) is 1.05. The molecule has 0 aliphatic rings. The molecule has 2 aromatic rings. The lowest BCUT2D eigenvalue weighted by Gasteiger charge is -2.24. The largest absolute Gasteiger partial charge is 0.497 e. The molecule has 10 heteroatoms. The van der Waals surface area contributed by atoms with Gasteiger partial charge in [0.05, 0.1) is 45.1 Å². The number of aryl methyl sites for hydroxylation is 2. The number of nitrogens with two attached hydrogens (primary N) is 1. The van der Waals surface area contributed by atoms with Gasteiger partial charge >= 0.3 is 6.18 Å². The smallest absolute Gasteiger partial charge is 0.419 e. The van der Waals surface area contributed by atoms with Crippen LogP contribution in [-0.2, 0) is 19.0 Å². The Morgan fingerprint density at radius 2 is 1.61 bits per heavy atom. The third kappa shape index (κ3) is 8.26. The van der Waals surface area contributed by atoms with Crippen molar-refractivity contribution in [2.24, 2.45) is 5.73 Å². The van der Waals surface area contributed by atoms with Crippen LogP contribution in [0.25, 0.3) is 0 Å². The molecule has 0 aliphatic heterocycles. The summed E-state index contributed by atoms with van der Waals surface area (Å²) in [4.78, 5) is 0. The number of alkyl halides is 3. The van der Waals surface area contributed by atoms with Crippen LogP contribution in [-0.4, -0.2) is 49.8 Å². The summed E-state index contributed by atoms with van der Waals surface area (Å²) in [6.45, 7) is -0.829. The van der Waals surface area contributed by atoms with Crippen molar-refractivity contribution in [3.63, 3.8) is 0 Å². The van der Waals surface area contributed by atoms with Crippen molar-refractivity contribution in [2.45, 2.75) is 37.4 Å². The zero-order chi connectivity index (χ0) is 23.8. The second kappa shape index (κ2) is 12.9. The first-order chi connectivity index (χ1) is 15.2. The van der Waals surface area contributed by atoms with Crippen molar-refractivity contribution < 1.29 is 37.6 Å². The Balaban J connectivity index is 0.00000544. The Hall–Kier alpha value is -2.20. The molecule has 33 heavy (non-hydrogen) atoms. The average Bonchev–Trinajstić information content (AvgIpc) is 2.80. The Bertz CT molecular complexity index is 876. The van der Waals surface area contributed by atoms with E-state index in [-0.39, 0.29) is 37.6 Å². The van der Waals surface area contributed by atoms with Crippen LogP contribution in [0.4, 0.5) is 13.2 Å². The van der Waals surface area contributed by atoms with E-state index in [9.17, 15) is 23.4 Å². The Morgan fingerprint density at radius 1 is 0.909 bits per heavy atom. The number of methoxy groups -OCH3 is 2. The predicted molar refractivity (Wildman–Crippen MR) is 121 cm³/mol. The molecule has 0 bridgehead atoms. The maximum absolute atomic E-state index is 13.6. The highest BCUT2D eigenvalue weighted by molar-refractivity contribution is 5.85. The minimum Gasteiger partial charge on any atom is -0.497 e. The molecular weight excluding hydrogens is 463 g/mol. The van der Waals surface area contributed by atoms with Gasteiger partial charge in [0, 0.05) is 6.07 Å². The van der Waals surface area contributed by atoms with Crippen molar-refractivity contribution in [3.05, 3.63) is 53.1 Å². The van der Waals surface area contributed by atoms with Gasteiger partial charge in [-0.15, -0.1) is 12.4 Å². The zero-order valence-corrected chi connectivity index (χ0v) is 19.5. The Morgan fingerprint density at radius 3 is 2.18 bits per heavy atom. The molecule has 0 atom stereocenters. The van der Waals surface area contributed by atoms with E-state index in [2.05, 4.69) is 0 Å². The number of aliphatic hydroxyl groups excluding tert-OH is 2. The van der Waals surface area contributed by atoms with Crippen molar-refractivity contribution >= 4 is 12.4 Å². The molecule has 0 saturated heterocycles. The molecule has 0 saturated carbocycles. The molecule has 186 valence electrons. The monoisotopic (exact) mass is 493 g/mol. The summed E-state index contributed by atoms with van der Waals surface area (Å²) < 4.78 is 56.6. The van der Waals surface area contributed by atoms with Crippen molar-refractivity contribution in [2.75, 3.05) is 34.0 Å². The van der Waals surface area contributed by atoms with Gasteiger partial charge in [0.25, 0.3) is 0 Å². The fraction of sp³-hybridized carbons (Fsp3) is 0.478. The van der Waals surface area contributed by atoms with E-state index in [1.54, 1.807) is 26.4 Å². The highest BCUT2D eigenvalue weighted by Gasteiger charge is 2.35. The van der Waals surface area contributed by atoms with E-state index >= 15 is 0 Å². The zero-order valence-electron chi connectivity index (χ0n) is 18.7. The van der Waals surface area contributed by atoms with E-state index < -0.39 is 30.5 Å². The number of aliphatic hydroxyl groups is 2. The van der Waals surface area contributed by atoms with Crippen LogP contribution in [0.1, 0.15) is 29.5 Å². The number of halogens is 4. The minimum atomic E-state index is -4.59. The molecule has 0 radical (unpaired) electrons. The third-order valence-corrected chi connectivity index (χ3v) is 5.23. The standard InChI is InChI=1S/C23H30F3NO5.ClH/c1-30-18-7-6-17(21(13-18)31-2)4-3-11-32-20-8-5-16(12-19(20)23(24,25)26)9-10-22(27,14-28)15-29;/h5-8,12-13,28-29H,3-4,9-11,14-15,27H2,1-2H3;1H. The third-order valence-electron chi connectivity index (χ3n) is 5.23. The van der Waals surface area contributed by atoms with Crippen molar-refractivity contribution in [3.8, 4) is 17.2 Å². The molecule has 2 aromatic carbocycles. The molecule has 0 unspecified atom stereocenters. The average molecular weight is 494 g/mol. The highest BCUT2D eigenvalue weighted by atomic mass is 35.5. The fourth-order valence-electron chi connectivity index (χ4n) is 3.18. The lowest BCUT2D eigenvalue weighted by Crippen LogP contribution is -2.47. The molecule has 2 rings (SSSR count). The van der Waals surface area contributed by atoms with Gasteiger partial charge < -0.3 is 30.2 Å². The van der Waals surface area contributed by atoms with Crippen molar-refractivity contribution in [1.29, 1.82) is 0 Å². The Kier molecular flexibility index (Phi) is 11.3. The van der Waals surface area contributed by atoms with Gasteiger partial charge in [0.1, 0.15) is 17.2 Å². The van der Waals surface area contributed by atoms with Gasteiger partial charge in [-0.2, -0.15) is 13.2 Å².